The first kappa shape index (κ1) is 12.7. The number of hydrogen-bond donors (Lipinski definition) is 1. The lowest BCUT2D eigenvalue weighted by molar-refractivity contribution is 0.425. The van der Waals surface area contributed by atoms with Crippen LogP contribution in [-0.2, 0) is 0 Å². The van der Waals surface area contributed by atoms with Crippen molar-refractivity contribution in [2.45, 2.75) is 32.2 Å². The summed E-state index contributed by atoms with van der Waals surface area (Å²) in [6, 6.07) is 16.0. The Kier molecular flexibility index (Phi) is 2.88. The van der Waals surface area contributed by atoms with E-state index >= 15 is 0 Å². The zero-order chi connectivity index (χ0) is 14.4. The molecule has 1 heterocycles. The van der Waals surface area contributed by atoms with Gasteiger partial charge in [0.1, 0.15) is 0 Å². The van der Waals surface area contributed by atoms with Gasteiger partial charge in [0.25, 0.3) is 0 Å². The summed E-state index contributed by atoms with van der Waals surface area (Å²) < 4.78 is 0. The monoisotopic (exact) mass is 275 g/mol. The molecule has 0 bridgehead atoms. The lowest BCUT2D eigenvalue weighted by atomic mass is 9.76. The average Bonchev–Trinajstić information content (AvgIpc) is 2.97. The molecule has 2 aromatic carbocycles. The molecule has 0 amide bonds. The van der Waals surface area contributed by atoms with Crippen LogP contribution in [0.1, 0.15) is 40.6 Å². The highest BCUT2D eigenvalue weighted by atomic mass is 15.0. The summed E-state index contributed by atoms with van der Waals surface area (Å²) in [5.74, 6) is 1.20. The molecule has 0 aromatic heterocycles. The fraction of sp³-hybridized carbons (Fsp3) is 0.300. The highest BCUT2D eigenvalue weighted by Crippen LogP contribution is 2.50. The maximum Gasteiger partial charge on any atom is 0.0554 e. The highest BCUT2D eigenvalue weighted by Gasteiger charge is 2.38. The van der Waals surface area contributed by atoms with Gasteiger partial charge in [-0.2, -0.15) is 0 Å². The van der Waals surface area contributed by atoms with E-state index in [2.05, 4.69) is 73.8 Å². The lowest BCUT2D eigenvalue weighted by Crippen LogP contribution is -2.29. The molecule has 21 heavy (non-hydrogen) atoms. The van der Waals surface area contributed by atoms with Crippen LogP contribution in [0.5, 0.6) is 0 Å². The minimum atomic E-state index is 0.417. The lowest BCUT2D eigenvalue weighted by Gasteiger charge is -2.38. The summed E-state index contributed by atoms with van der Waals surface area (Å²) >= 11 is 0. The van der Waals surface area contributed by atoms with E-state index in [0.717, 1.165) is 0 Å². The molecule has 4 rings (SSSR count). The second kappa shape index (κ2) is 4.77. The molecule has 0 spiro atoms. The molecule has 0 saturated heterocycles. The predicted molar refractivity (Wildman–Crippen MR) is 88.7 cm³/mol. The molecule has 1 aliphatic heterocycles. The van der Waals surface area contributed by atoms with E-state index in [9.17, 15) is 0 Å². The first-order valence-electron chi connectivity index (χ1n) is 7.83. The molecular formula is C20H21N. The van der Waals surface area contributed by atoms with Gasteiger partial charge >= 0.3 is 0 Å². The predicted octanol–water partition coefficient (Wildman–Crippen LogP) is 5.13. The van der Waals surface area contributed by atoms with Crippen molar-refractivity contribution in [3.8, 4) is 0 Å². The topological polar surface area (TPSA) is 12.0 Å². The standard InChI is InChI=1S/C20H21N/c1-13-11-14(2)19-18(12-13)16-9-6-10-17(16)20(21-19)15-7-4-3-5-8-15/h3-9,11-12,16-17,20-21H,10H2,1-2H3. The molecule has 1 heteroatoms. The summed E-state index contributed by atoms with van der Waals surface area (Å²) in [6.07, 6.45) is 5.95. The molecule has 106 valence electrons. The zero-order valence-electron chi connectivity index (χ0n) is 12.6. The number of anilines is 1. The summed E-state index contributed by atoms with van der Waals surface area (Å²) in [7, 11) is 0. The van der Waals surface area contributed by atoms with Crippen LogP contribution in [0.4, 0.5) is 5.69 Å². The van der Waals surface area contributed by atoms with Crippen molar-refractivity contribution in [2.75, 3.05) is 5.32 Å². The molecule has 0 saturated carbocycles. The fourth-order valence-corrected chi connectivity index (χ4v) is 4.06. The number of benzene rings is 2. The third-order valence-electron chi connectivity index (χ3n) is 4.97. The number of rotatable bonds is 1. The minimum absolute atomic E-state index is 0.417. The van der Waals surface area contributed by atoms with Gasteiger partial charge in [0.05, 0.1) is 6.04 Å². The van der Waals surface area contributed by atoms with Crippen molar-refractivity contribution >= 4 is 5.69 Å². The van der Waals surface area contributed by atoms with Gasteiger partial charge in [0.2, 0.25) is 0 Å². The van der Waals surface area contributed by atoms with Crippen LogP contribution in [0, 0.1) is 19.8 Å². The van der Waals surface area contributed by atoms with E-state index in [1.165, 1.54) is 34.4 Å². The van der Waals surface area contributed by atoms with Gasteiger partial charge in [-0.25, -0.2) is 0 Å². The molecule has 0 radical (unpaired) electrons. The second-order valence-electron chi connectivity index (χ2n) is 6.43. The van der Waals surface area contributed by atoms with Crippen molar-refractivity contribution in [2.24, 2.45) is 5.92 Å². The van der Waals surface area contributed by atoms with Crippen molar-refractivity contribution in [3.05, 3.63) is 76.9 Å². The van der Waals surface area contributed by atoms with Crippen molar-refractivity contribution in [1.29, 1.82) is 0 Å². The van der Waals surface area contributed by atoms with Gasteiger partial charge in [0, 0.05) is 11.6 Å². The molecule has 1 nitrogen and oxygen atoms in total. The maximum absolute atomic E-state index is 3.84. The second-order valence-corrected chi connectivity index (χ2v) is 6.43. The number of nitrogens with one attached hydrogen (secondary N) is 1. The average molecular weight is 275 g/mol. The van der Waals surface area contributed by atoms with Gasteiger partial charge < -0.3 is 5.32 Å². The summed E-state index contributed by atoms with van der Waals surface area (Å²) in [5, 5.41) is 3.84. The fourth-order valence-electron chi connectivity index (χ4n) is 4.06. The number of fused-ring (bicyclic) bond motifs is 3. The first-order chi connectivity index (χ1) is 10.2. The van der Waals surface area contributed by atoms with Crippen LogP contribution in [-0.4, -0.2) is 0 Å². The maximum atomic E-state index is 3.84. The molecule has 1 aliphatic carbocycles. The number of hydrogen-bond acceptors (Lipinski definition) is 1. The summed E-state index contributed by atoms with van der Waals surface area (Å²) in [6.45, 7) is 4.42. The van der Waals surface area contributed by atoms with E-state index in [1.54, 1.807) is 0 Å². The number of aryl methyl sites for hydroxylation is 2. The number of allylic oxidation sites excluding steroid dienone is 2. The van der Waals surface area contributed by atoms with Crippen LogP contribution >= 0.6 is 0 Å². The highest BCUT2D eigenvalue weighted by molar-refractivity contribution is 5.65. The third kappa shape index (κ3) is 1.99. The zero-order valence-corrected chi connectivity index (χ0v) is 12.6. The van der Waals surface area contributed by atoms with Crippen LogP contribution in [0.3, 0.4) is 0 Å². The SMILES string of the molecule is Cc1cc(C)c2c(c1)C1C=CCC1C(c1ccccc1)N2. The van der Waals surface area contributed by atoms with Gasteiger partial charge in [-0.15, -0.1) is 0 Å². The van der Waals surface area contributed by atoms with Crippen molar-refractivity contribution in [1.82, 2.24) is 0 Å². The molecule has 0 fully saturated rings. The molecule has 2 aliphatic rings. The van der Waals surface area contributed by atoms with Crippen molar-refractivity contribution in [3.63, 3.8) is 0 Å². The largest absolute Gasteiger partial charge is 0.377 e. The Morgan fingerprint density at radius 1 is 1.05 bits per heavy atom. The van der Waals surface area contributed by atoms with Crippen LogP contribution in [0.15, 0.2) is 54.6 Å². The molecule has 2 aromatic rings. The van der Waals surface area contributed by atoms with Crippen LogP contribution in [0.2, 0.25) is 0 Å². The normalized spacial score (nSPS) is 26.1. The van der Waals surface area contributed by atoms with E-state index in [4.69, 9.17) is 0 Å². The Hall–Kier alpha value is -2.02. The quantitative estimate of drug-likeness (QED) is 0.711. The third-order valence-corrected chi connectivity index (χ3v) is 4.97. The van der Waals surface area contributed by atoms with Gasteiger partial charge in [-0.3, -0.25) is 0 Å². The smallest absolute Gasteiger partial charge is 0.0554 e. The van der Waals surface area contributed by atoms with E-state index in [0.29, 0.717) is 17.9 Å². The van der Waals surface area contributed by atoms with E-state index < -0.39 is 0 Å². The molecular weight excluding hydrogens is 254 g/mol. The van der Waals surface area contributed by atoms with Crippen LogP contribution in [0.25, 0.3) is 0 Å². The molecule has 3 unspecified atom stereocenters. The van der Waals surface area contributed by atoms with Crippen LogP contribution < -0.4 is 5.32 Å². The Labute approximate surface area is 126 Å². The Morgan fingerprint density at radius 3 is 2.67 bits per heavy atom. The summed E-state index contributed by atoms with van der Waals surface area (Å²) in [5.41, 5.74) is 6.97. The molecule has 1 N–H and O–H groups in total. The Bertz CT molecular complexity index is 699. The van der Waals surface area contributed by atoms with E-state index in [-0.39, 0.29) is 0 Å². The Morgan fingerprint density at radius 2 is 1.86 bits per heavy atom. The minimum Gasteiger partial charge on any atom is -0.377 e. The van der Waals surface area contributed by atoms with Gasteiger partial charge in [-0.1, -0.05) is 60.2 Å². The summed E-state index contributed by atoms with van der Waals surface area (Å²) in [4.78, 5) is 0. The van der Waals surface area contributed by atoms with E-state index in [1.807, 2.05) is 0 Å². The van der Waals surface area contributed by atoms with Gasteiger partial charge in [-0.05, 0) is 42.9 Å². The molecule has 3 atom stereocenters. The van der Waals surface area contributed by atoms with Gasteiger partial charge in [0.15, 0.2) is 0 Å². The van der Waals surface area contributed by atoms with Crippen molar-refractivity contribution < 1.29 is 0 Å². The first-order valence-corrected chi connectivity index (χ1v) is 7.83. The Balaban J connectivity index is 1.84.